The predicted octanol–water partition coefficient (Wildman–Crippen LogP) is -0.0931. The van der Waals surface area contributed by atoms with Crippen LogP contribution in [0.25, 0.3) is 5.73 Å². The molecule has 0 aliphatic carbocycles. The first-order valence-corrected chi connectivity index (χ1v) is 2.51. The fourth-order valence-electron chi connectivity index (χ4n) is 0.505. The molecule has 0 bridgehead atoms. The Bertz CT molecular complexity index is 233. The summed E-state index contributed by atoms with van der Waals surface area (Å²) in [6, 6.07) is 0. The number of nitrogens with zero attached hydrogens (tertiary/aromatic N) is 2. The first-order valence-electron chi connectivity index (χ1n) is 2.51. The summed E-state index contributed by atoms with van der Waals surface area (Å²) in [5.41, 5.74) is 22.9. The van der Waals surface area contributed by atoms with Gasteiger partial charge in [0.05, 0.1) is 17.3 Å². The highest BCUT2D eigenvalue weighted by Gasteiger charge is 1.94. The van der Waals surface area contributed by atoms with Crippen molar-refractivity contribution in [2.24, 2.45) is 0 Å². The van der Waals surface area contributed by atoms with Gasteiger partial charge in [0.25, 0.3) is 0 Å². The fourth-order valence-corrected chi connectivity index (χ4v) is 0.505. The summed E-state index contributed by atoms with van der Waals surface area (Å²) in [7, 11) is 0. The van der Waals surface area contributed by atoms with Gasteiger partial charge in [-0.2, -0.15) is 0 Å². The van der Waals surface area contributed by atoms with E-state index in [1.165, 1.54) is 0 Å². The van der Waals surface area contributed by atoms with Gasteiger partial charge in [-0.1, -0.05) is 0 Å². The summed E-state index contributed by atoms with van der Waals surface area (Å²) >= 11 is 0. The molecule has 0 unspecified atom stereocenters. The van der Waals surface area contributed by atoms with E-state index in [9.17, 15) is 0 Å². The van der Waals surface area contributed by atoms with Gasteiger partial charge < -0.3 is 32.9 Å². The maximum Gasteiger partial charge on any atom is 0.0842 e. The normalized spacial score (nSPS) is 9.60. The predicted molar refractivity (Wildman–Crippen MR) is 39.3 cm³/mol. The van der Waals surface area contributed by atoms with Crippen LogP contribution in [-0.4, -0.2) is 9.97 Å². The van der Waals surface area contributed by atoms with E-state index in [1.54, 1.807) is 0 Å². The zero-order valence-electron chi connectivity index (χ0n) is 5.13. The number of nitrogens with one attached hydrogen (secondary N) is 1. The van der Waals surface area contributed by atoms with Crippen LogP contribution in [0.15, 0.2) is 0 Å². The lowest BCUT2D eigenvalue weighted by Gasteiger charge is -2.10. The van der Waals surface area contributed by atoms with Crippen LogP contribution in [0, 0.1) is 0 Å². The van der Waals surface area contributed by atoms with E-state index in [0.717, 1.165) is 0 Å². The van der Waals surface area contributed by atoms with Crippen molar-refractivity contribution in [1.82, 2.24) is 9.97 Å². The van der Waals surface area contributed by atoms with Crippen molar-refractivity contribution >= 4 is 23.3 Å². The molecule has 0 saturated carbocycles. The van der Waals surface area contributed by atoms with Crippen LogP contribution < -0.4 is 17.2 Å². The van der Waals surface area contributed by atoms with Gasteiger partial charge in [-0.05, 0) is 0 Å². The van der Waals surface area contributed by atoms with Crippen LogP contribution in [-0.2, 0) is 0 Å². The molecule has 7 N–H and O–H groups in total. The third-order valence-electron chi connectivity index (χ3n) is 1.00. The molecule has 0 amide bonds. The van der Waals surface area contributed by atoms with Crippen molar-refractivity contribution in [2.45, 2.75) is 0 Å². The van der Waals surface area contributed by atoms with E-state index < -0.39 is 0 Å². The number of anilines is 3. The molecule has 0 aromatic carbocycles. The highest BCUT2D eigenvalue weighted by atomic mass is 15.1. The maximum atomic E-state index is 6.94. The summed E-state index contributed by atoms with van der Waals surface area (Å²) in [6.07, 6.45) is 0. The number of rotatable bonds is 0. The number of aromatic nitrogens is 2. The summed E-state index contributed by atoms with van der Waals surface area (Å²) in [5.74, 6) is -0.112. The molecule has 1 rings (SSSR count). The van der Waals surface area contributed by atoms with Crippen molar-refractivity contribution < 1.29 is 0 Å². The second-order valence-electron chi connectivity index (χ2n) is 1.73. The number of hydrogen-bond donors (Lipinski definition) is 3. The third kappa shape index (κ3) is 0.859. The molecule has 1 aromatic heterocycles. The van der Waals surface area contributed by atoms with Crippen LogP contribution >= 0.6 is 0 Å². The van der Waals surface area contributed by atoms with Gasteiger partial charge in [-0.25, -0.2) is 0 Å². The smallest absolute Gasteiger partial charge is 0.0842 e. The van der Waals surface area contributed by atoms with E-state index in [0.29, 0.717) is 0 Å². The van der Waals surface area contributed by atoms with E-state index in [-0.39, 0.29) is 23.3 Å². The quantitative estimate of drug-likeness (QED) is 0.462. The molecule has 0 aliphatic rings. The molecule has 10 heavy (non-hydrogen) atoms. The molecule has 1 heterocycles. The van der Waals surface area contributed by atoms with Crippen molar-refractivity contribution in [3.8, 4) is 0 Å². The lowest BCUT2D eigenvalue weighted by molar-refractivity contribution is 1.23. The molecule has 6 nitrogen and oxygen atoms in total. The first-order chi connectivity index (χ1) is 4.61. The Kier molecular flexibility index (Phi) is 1.22. The zero-order chi connectivity index (χ0) is 7.72. The lowest BCUT2D eigenvalue weighted by atomic mass is 10.4. The Balaban J connectivity index is 3.31. The van der Waals surface area contributed by atoms with Crippen LogP contribution in [0.4, 0.5) is 23.3 Å². The van der Waals surface area contributed by atoms with Crippen molar-refractivity contribution in [1.29, 1.82) is 0 Å². The number of nitrogen functional groups attached to an aromatic ring is 3. The highest BCUT2D eigenvalue weighted by Crippen LogP contribution is 2.19. The molecule has 0 spiro atoms. The van der Waals surface area contributed by atoms with Crippen molar-refractivity contribution in [2.75, 3.05) is 17.2 Å². The van der Waals surface area contributed by atoms with Crippen molar-refractivity contribution in [3.63, 3.8) is 0 Å². The molecular weight excluding hydrogens is 132 g/mol. The third-order valence-corrected chi connectivity index (χ3v) is 1.00. The Morgan fingerprint density at radius 2 is 1.40 bits per heavy atom. The van der Waals surface area contributed by atoms with E-state index in [1.807, 2.05) is 0 Å². The Hall–Kier alpha value is -1.72. The topological polar surface area (TPSA) is 128 Å². The van der Waals surface area contributed by atoms with Crippen molar-refractivity contribution in [3.05, 3.63) is 5.73 Å². The zero-order valence-corrected chi connectivity index (χ0v) is 5.13. The fraction of sp³-hybridized carbons (Fsp3) is 0. The minimum atomic E-state index is -0.218. The van der Waals surface area contributed by atoms with Gasteiger partial charge in [-0.15, -0.1) is 0 Å². The summed E-state index contributed by atoms with van der Waals surface area (Å²) < 4.78 is 0. The van der Waals surface area contributed by atoms with Gasteiger partial charge in [-0.3, -0.25) is 0 Å². The van der Waals surface area contributed by atoms with E-state index in [4.69, 9.17) is 22.9 Å². The molecule has 0 aliphatic heterocycles. The molecular formula is C4H7N6-. The second-order valence-corrected chi connectivity index (χ2v) is 1.73. The Morgan fingerprint density at radius 1 is 1.00 bits per heavy atom. The van der Waals surface area contributed by atoms with Crippen LogP contribution in [0.3, 0.4) is 0 Å². The maximum absolute atomic E-state index is 6.94. The van der Waals surface area contributed by atoms with E-state index in [2.05, 4.69) is 9.97 Å². The number of hydrogen-bond acceptors (Lipinski definition) is 5. The van der Waals surface area contributed by atoms with Gasteiger partial charge in [0.1, 0.15) is 0 Å². The standard InChI is InChI=1S/C4H7N6/c5-1-2(6)9-4(8)10-3(1)7/h5H2,(H5-,6,7,8,9,10)/q-1. The SMILES string of the molecule is [NH-]c1nc(N)c(N)c(N)n1. The molecule has 1 aromatic rings. The highest BCUT2D eigenvalue weighted by molar-refractivity contribution is 5.72. The molecule has 6 heteroatoms. The minimum absolute atomic E-state index is 0.0532. The summed E-state index contributed by atoms with van der Waals surface area (Å²) in [4.78, 5) is 6.92. The molecule has 54 valence electrons. The monoisotopic (exact) mass is 139 g/mol. The number of nitrogens with two attached hydrogens (primary N) is 3. The van der Waals surface area contributed by atoms with Crippen LogP contribution in [0.2, 0.25) is 0 Å². The molecule has 0 radical (unpaired) electrons. The second kappa shape index (κ2) is 1.90. The average Bonchev–Trinajstić information content (AvgIpc) is 1.82. The molecule has 0 atom stereocenters. The first kappa shape index (κ1) is 6.40. The molecule has 0 fully saturated rings. The summed E-state index contributed by atoms with van der Waals surface area (Å²) in [6.45, 7) is 0. The lowest BCUT2D eigenvalue weighted by Crippen LogP contribution is -2.04. The Morgan fingerprint density at radius 3 is 1.80 bits per heavy atom. The minimum Gasteiger partial charge on any atom is -0.410 e. The largest absolute Gasteiger partial charge is 0.410 e. The van der Waals surface area contributed by atoms with Gasteiger partial charge in [0, 0.05) is 5.95 Å². The Labute approximate surface area is 57.2 Å². The van der Waals surface area contributed by atoms with Gasteiger partial charge in [0.2, 0.25) is 0 Å². The summed E-state index contributed by atoms with van der Waals surface area (Å²) in [5, 5.41) is 0. The average molecular weight is 139 g/mol. The van der Waals surface area contributed by atoms with Gasteiger partial charge >= 0.3 is 0 Å². The molecule has 0 saturated heterocycles. The van der Waals surface area contributed by atoms with Crippen LogP contribution in [0.1, 0.15) is 0 Å². The van der Waals surface area contributed by atoms with Crippen LogP contribution in [0.5, 0.6) is 0 Å². The van der Waals surface area contributed by atoms with Gasteiger partial charge in [0.15, 0.2) is 0 Å². The van der Waals surface area contributed by atoms with E-state index >= 15 is 0 Å².